The molecule has 0 aromatic carbocycles. The fourth-order valence-corrected chi connectivity index (χ4v) is 5.41. The van der Waals surface area contributed by atoms with Crippen LogP contribution in [0, 0.1) is 0 Å². The molecule has 12 heteroatoms. The largest absolute Gasteiger partial charge is 0.345 e. The van der Waals surface area contributed by atoms with Gasteiger partial charge in [0, 0.05) is 0 Å². The average molecular weight is 474 g/mol. The van der Waals surface area contributed by atoms with Crippen molar-refractivity contribution in [1.82, 2.24) is 0 Å². The fraction of sp³-hybridized carbons (Fsp3) is 1.00. The Bertz CT molecular complexity index is 241. The molecular weight excluding hydrogens is 471 g/mol. The van der Waals surface area contributed by atoms with Gasteiger partial charge < -0.3 is 4.74 Å². The molecule has 0 spiro atoms. The maximum atomic E-state index is 5.82. The summed E-state index contributed by atoms with van der Waals surface area (Å²) >= 11 is 54.1. The van der Waals surface area contributed by atoms with E-state index in [4.69, 9.17) is 109 Å². The number of thioether (sulfide) groups is 2. The van der Waals surface area contributed by atoms with Gasteiger partial charge in [-0.15, -0.1) is 23.5 Å². The highest BCUT2D eigenvalue weighted by molar-refractivity contribution is 8.18. The van der Waals surface area contributed by atoms with Gasteiger partial charge in [0.15, 0.2) is 10.9 Å². The summed E-state index contributed by atoms with van der Waals surface area (Å²) in [6, 6.07) is 0. The van der Waals surface area contributed by atoms with E-state index in [2.05, 4.69) is 0 Å². The molecule has 2 unspecified atom stereocenters. The van der Waals surface area contributed by atoms with Crippen molar-refractivity contribution in [3.05, 3.63) is 0 Å². The van der Waals surface area contributed by atoms with Crippen molar-refractivity contribution in [2.24, 2.45) is 0 Å². The average Bonchev–Trinajstić information content (AvgIpc) is 2.13. The monoisotopic (exact) mass is 470 g/mol. The molecule has 0 bridgehead atoms. The Morgan fingerprint density at radius 1 is 0.611 bits per heavy atom. The summed E-state index contributed by atoms with van der Waals surface area (Å²) in [7, 11) is 0. The second kappa shape index (κ2) is 6.80. The Labute approximate surface area is 158 Å². The third kappa shape index (κ3) is 5.81. The van der Waals surface area contributed by atoms with E-state index in [0.29, 0.717) is 0 Å². The van der Waals surface area contributed by atoms with Gasteiger partial charge in [-0.2, -0.15) is 0 Å². The van der Waals surface area contributed by atoms with Crippen LogP contribution in [0.3, 0.4) is 0 Å². The first kappa shape index (κ1) is 19.3. The molecule has 0 aliphatic carbocycles. The van der Waals surface area contributed by atoms with Crippen molar-refractivity contribution in [2.45, 2.75) is 26.8 Å². The standard InChI is InChI=1S/C6H3Cl9OS2/c7-4(8,9)1-16-2(5(10,11)12)18-3(17-1)6(13,14)15/h1-3H. The van der Waals surface area contributed by atoms with Crippen LogP contribution in [0.4, 0.5) is 0 Å². The molecule has 0 saturated carbocycles. The first-order valence-corrected chi connectivity index (χ1v) is 9.27. The van der Waals surface area contributed by atoms with E-state index in [0.717, 1.165) is 23.5 Å². The lowest BCUT2D eigenvalue weighted by molar-refractivity contribution is 0.0930. The molecule has 1 saturated heterocycles. The highest BCUT2D eigenvalue weighted by Gasteiger charge is 2.52. The highest BCUT2D eigenvalue weighted by Crippen LogP contribution is 2.58. The molecule has 0 aromatic rings. The van der Waals surface area contributed by atoms with E-state index in [1.165, 1.54) is 0 Å². The minimum absolute atomic E-state index is 0.613. The maximum absolute atomic E-state index is 5.82. The van der Waals surface area contributed by atoms with Crippen molar-refractivity contribution in [2.75, 3.05) is 0 Å². The molecule has 1 heterocycles. The van der Waals surface area contributed by atoms with Crippen molar-refractivity contribution < 1.29 is 4.74 Å². The number of halogens is 9. The van der Waals surface area contributed by atoms with Crippen LogP contribution in [0.25, 0.3) is 0 Å². The molecule has 18 heavy (non-hydrogen) atoms. The lowest BCUT2D eigenvalue weighted by atomic mass is 10.7. The van der Waals surface area contributed by atoms with Crippen molar-refractivity contribution in [1.29, 1.82) is 0 Å². The van der Waals surface area contributed by atoms with Gasteiger partial charge in [0.1, 0.15) is 4.58 Å². The Hall–Kier alpha value is 3.27. The van der Waals surface area contributed by atoms with Crippen LogP contribution in [0.15, 0.2) is 0 Å². The number of hydrogen-bond acceptors (Lipinski definition) is 3. The van der Waals surface area contributed by atoms with Crippen LogP contribution in [-0.2, 0) is 4.74 Å². The number of hydrogen-bond donors (Lipinski definition) is 0. The molecular formula is C6H3Cl9OS2. The second-order valence-corrected chi connectivity index (χ2v) is 12.8. The topological polar surface area (TPSA) is 9.23 Å². The van der Waals surface area contributed by atoms with E-state index < -0.39 is 26.8 Å². The third-order valence-electron chi connectivity index (χ3n) is 1.54. The van der Waals surface area contributed by atoms with Crippen LogP contribution in [-0.4, -0.2) is 26.8 Å². The zero-order valence-electron chi connectivity index (χ0n) is 7.86. The number of rotatable bonds is 0. The molecule has 1 nitrogen and oxygen atoms in total. The molecule has 0 amide bonds. The van der Waals surface area contributed by atoms with Crippen LogP contribution in [0.5, 0.6) is 0 Å². The highest BCUT2D eigenvalue weighted by atomic mass is 35.6. The summed E-state index contributed by atoms with van der Waals surface area (Å²) in [6.45, 7) is 0. The zero-order chi connectivity index (χ0) is 14.4. The Kier molecular flexibility index (Phi) is 7.30. The Morgan fingerprint density at radius 3 is 1.17 bits per heavy atom. The van der Waals surface area contributed by atoms with Gasteiger partial charge in [-0.25, -0.2) is 0 Å². The summed E-state index contributed by atoms with van der Waals surface area (Å²) in [4.78, 5) is 0. The molecule has 1 rings (SSSR count). The van der Waals surface area contributed by atoms with Gasteiger partial charge in [0.25, 0.3) is 0 Å². The van der Waals surface area contributed by atoms with Gasteiger partial charge in [-0.3, -0.25) is 0 Å². The number of alkyl halides is 9. The fourth-order valence-electron chi connectivity index (χ4n) is 0.896. The van der Waals surface area contributed by atoms with E-state index in [1.54, 1.807) is 0 Å². The Balaban J connectivity index is 2.93. The van der Waals surface area contributed by atoms with E-state index >= 15 is 0 Å². The predicted octanol–water partition coefficient (Wildman–Crippen LogP) is 6.57. The van der Waals surface area contributed by atoms with E-state index in [9.17, 15) is 0 Å². The normalized spacial score (nSPS) is 31.5. The zero-order valence-corrected chi connectivity index (χ0v) is 16.3. The van der Waals surface area contributed by atoms with Gasteiger partial charge in [-0.1, -0.05) is 104 Å². The molecule has 0 radical (unpaired) electrons. The minimum atomic E-state index is -1.74. The molecule has 1 aliphatic rings. The lowest BCUT2D eigenvalue weighted by Crippen LogP contribution is -2.43. The first-order valence-electron chi connectivity index (χ1n) is 3.98. The predicted molar refractivity (Wildman–Crippen MR) is 88.5 cm³/mol. The van der Waals surface area contributed by atoms with Crippen LogP contribution in [0.2, 0.25) is 0 Å². The van der Waals surface area contributed by atoms with E-state index in [1.807, 2.05) is 0 Å². The Morgan fingerprint density at radius 2 is 0.944 bits per heavy atom. The molecule has 2 atom stereocenters. The van der Waals surface area contributed by atoms with Gasteiger partial charge in [-0.05, 0) is 0 Å². The van der Waals surface area contributed by atoms with Crippen LogP contribution >= 0.6 is 128 Å². The van der Waals surface area contributed by atoms with Crippen molar-refractivity contribution in [3.63, 3.8) is 0 Å². The van der Waals surface area contributed by atoms with Crippen molar-refractivity contribution >= 4 is 128 Å². The summed E-state index contributed by atoms with van der Waals surface area (Å²) in [6.07, 6.45) is 0. The third-order valence-corrected chi connectivity index (χ3v) is 8.23. The summed E-state index contributed by atoms with van der Waals surface area (Å²) < 4.78 is -0.322. The summed E-state index contributed by atoms with van der Waals surface area (Å²) in [5, 5.41) is 0. The van der Waals surface area contributed by atoms with Crippen LogP contribution < -0.4 is 0 Å². The maximum Gasteiger partial charge on any atom is 0.225 e. The molecule has 0 aromatic heterocycles. The van der Waals surface area contributed by atoms with Crippen LogP contribution in [0.1, 0.15) is 0 Å². The molecule has 0 N–H and O–H groups in total. The minimum Gasteiger partial charge on any atom is -0.345 e. The second-order valence-electron chi connectivity index (χ2n) is 3.03. The summed E-state index contributed by atoms with van der Waals surface area (Å²) in [5.74, 6) is 0. The molecule has 108 valence electrons. The van der Waals surface area contributed by atoms with E-state index in [-0.39, 0.29) is 0 Å². The van der Waals surface area contributed by atoms with Gasteiger partial charge in [0.2, 0.25) is 11.4 Å². The van der Waals surface area contributed by atoms with Crippen molar-refractivity contribution in [3.8, 4) is 0 Å². The quantitative estimate of drug-likeness (QED) is 0.368. The SMILES string of the molecule is ClC(Cl)(Cl)C1OC(C(Cl)(Cl)Cl)SC(C(Cl)(Cl)Cl)S1. The number of ether oxygens (including phenoxy) is 1. The van der Waals surface area contributed by atoms with Gasteiger partial charge in [0.05, 0.1) is 0 Å². The lowest BCUT2D eigenvalue weighted by Gasteiger charge is -2.41. The molecule has 1 aliphatic heterocycles. The van der Waals surface area contributed by atoms with Gasteiger partial charge >= 0.3 is 0 Å². The smallest absolute Gasteiger partial charge is 0.225 e. The first-order chi connectivity index (χ1) is 7.82. The molecule has 1 fully saturated rings. The summed E-state index contributed by atoms with van der Waals surface area (Å²) in [5.41, 5.74) is -1.85.